The van der Waals surface area contributed by atoms with Gasteiger partial charge in [0.25, 0.3) is 5.91 Å². The zero-order valence-electron chi connectivity index (χ0n) is 19.7. The first-order valence-electron chi connectivity index (χ1n) is 11.0. The van der Waals surface area contributed by atoms with Gasteiger partial charge in [0.05, 0.1) is 25.6 Å². The molecule has 0 unspecified atom stereocenters. The van der Waals surface area contributed by atoms with Crippen molar-refractivity contribution in [3.63, 3.8) is 0 Å². The zero-order valence-corrected chi connectivity index (χ0v) is 20.5. The first-order valence-corrected chi connectivity index (χ1v) is 11.4. The van der Waals surface area contributed by atoms with Crippen molar-refractivity contribution in [2.45, 2.75) is 6.92 Å². The maximum absolute atomic E-state index is 14.0. The monoisotopic (exact) mass is 484 g/mol. The second-order valence-electron chi connectivity index (χ2n) is 7.84. The third-order valence-corrected chi connectivity index (χ3v) is 5.71. The van der Waals surface area contributed by atoms with Gasteiger partial charge in [-0.15, -0.1) is 0 Å². The van der Waals surface area contributed by atoms with E-state index in [0.29, 0.717) is 33.5 Å². The number of anilines is 1. The number of aliphatic imine (C=N–C) groups is 1. The highest BCUT2D eigenvalue weighted by atomic mass is 35.5. The Labute approximate surface area is 210 Å². The Bertz CT molecular complexity index is 1310. The fourth-order valence-electron chi connectivity index (χ4n) is 3.51. The van der Waals surface area contributed by atoms with Crippen LogP contribution in [0.5, 0.6) is 11.5 Å². The maximum atomic E-state index is 14.0. The fraction of sp³-hybridized carbons (Fsp3) is 0.103. The van der Waals surface area contributed by atoms with Gasteiger partial charge in [-0.1, -0.05) is 29.3 Å². The van der Waals surface area contributed by atoms with Gasteiger partial charge >= 0.3 is 0 Å². The quantitative estimate of drug-likeness (QED) is 0.217. The Balaban J connectivity index is 1.91. The molecule has 176 valence electrons. The lowest BCUT2D eigenvalue weighted by molar-refractivity contribution is 0.100. The molecule has 1 amide bonds. The van der Waals surface area contributed by atoms with Crippen LogP contribution in [0.25, 0.3) is 0 Å². The Morgan fingerprint density at radius 3 is 1.77 bits per heavy atom. The van der Waals surface area contributed by atoms with Crippen molar-refractivity contribution < 1.29 is 14.3 Å². The van der Waals surface area contributed by atoms with E-state index in [9.17, 15) is 4.79 Å². The van der Waals surface area contributed by atoms with E-state index in [1.807, 2.05) is 91.9 Å². The van der Waals surface area contributed by atoms with Crippen molar-refractivity contribution in [2.75, 3.05) is 19.1 Å². The number of methoxy groups -OCH3 is 2. The molecule has 0 aromatic heterocycles. The van der Waals surface area contributed by atoms with Crippen molar-refractivity contribution >= 4 is 34.7 Å². The summed E-state index contributed by atoms with van der Waals surface area (Å²) in [5, 5.41) is 0.596. The summed E-state index contributed by atoms with van der Waals surface area (Å²) >= 11 is 6.16. The molecule has 5 nitrogen and oxygen atoms in total. The maximum Gasteiger partial charge on any atom is 0.264 e. The van der Waals surface area contributed by atoms with Crippen LogP contribution in [0.1, 0.15) is 21.5 Å². The van der Waals surface area contributed by atoms with E-state index in [1.165, 1.54) is 0 Å². The number of rotatable bonds is 6. The van der Waals surface area contributed by atoms with Gasteiger partial charge in [0.15, 0.2) is 0 Å². The summed E-state index contributed by atoms with van der Waals surface area (Å²) in [6.45, 7) is 1.99. The van der Waals surface area contributed by atoms with Crippen molar-refractivity contribution in [2.24, 2.45) is 4.99 Å². The molecule has 0 radical (unpaired) electrons. The summed E-state index contributed by atoms with van der Waals surface area (Å²) < 4.78 is 10.6. The van der Waals surface area contributed by atoms with Crippen LogP contribution >= 0.6 is 11.6 Å². The second kappa shape index (κ2) is 10.9. The van der Waals surface area contributed by atoms with Crippen LogP contribution in [0.4, 0.5) is 11.4 Å². The number of amidine groups is 1. The molecule has 0 saturated carbocycles. The van der Waals surface area contributed by atoms with Gasteiger partial charge in [-0.05, 0) is 91.9 Å². The summed E-state index contributed by atoms with van der Waals surface area (Å²) in [7, 11) is 3.22. The second-order valence-corrected chi connectivity index (χ2v) is 8.28. The van der Waals surface area contributed by atoms with Crippen molar-refractivity contribution in [1.29, 1.82) is 0 Å². The van der Waals surface area contributed by atoms with E-state index in [2.05, 4.69) is 0 Å². The molecule has 0 aliphatic carbocycles. The van der Waals surface area contributed by atoms with E-state index < -0.39 is 0 Å². The van der Waals surface area contributed by atoms with Crippen LogP contribution in [-0.2, 0) is 0 Å². The van der Waals surface area contributed by atoms with Crippen LogP contribution in [0.2, 0.25) is 5.02 Å². The third-order valence-electron chi connectivity index (χ3n) is 5.45. The van der Waals surface area contributed by atoms with Gasteiger partial charge in [-0.25, -0.2) is 4.99 Å². The van der Waals surface area contributed by atoms with Gasteiger partial charge in [0, 0.05) is 16.1 Å². The van der Waals surface area contributed by atoms with Crippen LogP contribution in [0, 0.1) is 6.92 Å². The Kier molecular flexibility index (Phi) is 7.48. The standard InChI is InChI=1S/C29H25ClN2O3/c1-20-4-6-22(7-5-20)29(33)32(25-14-18-27(35-3)19-15-25)28(21-8-10-23(30)11-9-21)31-24-12-16-26(34-2)17-13-24/h4-19H,1-3H3. The van der Waals surface area contributed by atoms with Gasteiger partial charge in [-0.2, -0.15) is 0 Å². The number of halogens is 1. The first kappa shape index (κ1) is 24.0. The predicted octanol–water partition coefficient (Wildman–Crippen LogP) is 7.09. The van der Waals surface area contributed by atoms with E-state index in [1.54, 1.807) is 31.3 Å². The number of nitrogens with zero attached hydrogens (tertiary/aromatic N) is 2. The lowest BCUT2D eigenvalue weighted by atomic mass is 10.1. The lowest BCUT2D eigenvalue weighted by Crippen LogP contribution is -2.37. The van der Waals surface area contributed by atoms with Gasteiger partial charge < -0.3 is 9.47 Å². The molecule has 0 atom stereocenters. The van der Waals surface area contributed by atoms with Gasteiger partial charge in [0.2, 0.25) is 0 Å². The minimum atomic E-state index is -0.211. The molecular formula is C29H25ClN2O3. The number of hydrogen-bond acceptors (Lipinski definition) is 4. The van der Waals surface area contributed by atoms with E-state index in [-0.39, 0.29) is 5.91 Å². The first-order chi connectivity index (χ1) is 17.0. The number of ether oxygens (including phenoxy) is 2. The largest absolute Gasteiger partial charge is 0.497 e. The Morgan fingerprint density at radius 1 is 0.714 bits per heavy atom. The number of benzene rings is 4. The van der Waals surface area contributed by atoms with Gasteiger partial charge in [0.1, 0.15) is 17.3 Å². The molecular weight excluding hydrogens is 460 g/mol. The lowest BCUT2D eigenvalue weighted by Gasteiger charge is -2.25. The molecule has 0 aliphatic rings. The summed E-state index contributed by atoms with van der Waals surface area (Å²) in [6.07, 6.45) is 0. The molecule has 0 heterocycles. The highest BCUT2D eigenvalue weighted by Crippen LogP contribution is 2.27. The topological polar surface area (TPSA) is 51.1 Å². The average Bonchev–Trinajstić information content (AvgIpc) is 2.90. The zero-order chi connectivity index (χ0) is 24.8. The summed E-state index contributed by atoms with van der Waals surface area (Å²) in [5.74, 6) is 1.66. The number of hydrogen-bond donors (Lipinski definition) is 0. The molecule has 35 heavy (non-hydrogen) atoms. The highest BCUT2D eigenvalue weighted by Gasteiger charge is 2.25. The summed E-state index contributed by atoms with van der Waals surface area (Å²) in [4.78, 5) is 20.5. The number of aryl methyl sites for hydroxylation is 1. The highest BCUT2D eigenvalue weighted by molar-refractivity contribution is 6.31. The molecule has 0 saturated heterocycles. The minimum Gasteiger partial charge on any atom is -0.497 e. The Hall–Kier alpha value is -4.09. The third kappa shape index (κ3) is 5.70. The average molecular weight is 485 g/mol. The van der Waals surface area contributed by atoms with Crippen molar-refractivity contribution in [3.8, 4) is 11.5 Å². The van der Waals surface area contributed by atoms with E-state index >= 15 is 0 Å². The molecule has 0 bridgehead atoms. The molecule has 0 spiro atoms. The molecule has 4 aromatic carbocycles. The SMILES string of the molecule is COc1ccc(N=C(c2ccc(Cl)cc2)N(C(=O)c2ccc(C)cc2)c2ccc(OC)cc2)cc1. The van der Waals surface area contributed by atoms with E-state index in [0.717, 1.165) is 16.9 Å². The number of carbonyl (C=O) groups excluding carboxylic acids is 1. The molecule has 0 fully saturated rings. The van der Waals surface area contributed by atoms with Crippen LogP contribution < -0.4 is 14.4 Å². The van der Waals surface area contributed by atoms with Crippen molar-refractivity contribution in [1.82, 2.24) is 0 Å². The molecule has 4 aromatic rings. The minimum absolute atomic E-state index is 0.211. The van der Waals surface area contributed by atoms with E-state index in [4.69, 9.17) is 26.1 Å². The predicted molar refractivity (Wildman–Crippen MR) is 142 cm³/mol. The Morgan fingerprint density at radius 2 is 1.23 bits per heavy atom. The van der Waals surface area contributed by atoms with Crippen LogP contribution in [-0.4, -0.2) is 26.0 Å². The molecule has 6 heteroatoms. The van der Waals surface area contributed by atoms with Crippen molar-refractivity contribution in [3.05, 3.63) is 119 Å². The van der Waals surface area contributed by atoms with Crippen LogP contribution in [0.3, 0.4) is 0 Å². The molecule has 0 aliphatic heterocycles. The van der Waals surface area contributed by atoms with Crippen LogP contribution in [0.15, 0.2) is 102 Å². The number of carbonyl (C=O) groups is 1. The smallest absolute Gasteiger partial charge is 0.264 e. The fourth-order valence-corrected chi connectivity index (χ4v) is 3.64. The number of amides is 1. The van der Waals surface area contributed by atoms with Gasteiger partial charge in [-0.3, -0.25) is 9.69 Å². The normalized spacial score (nSPS) is 11.1. The molecule has 4 rings (SSSR count). The summed E-state index contributed by atoms with van der Waals surface area (Å²) in [6, 6.07) is 29.4. The summed E-state index contributed by atoms with van der Waals surface area (Å²) in [5.41, 5.74) is 3.68. The molecule has 0 N–H and O–H groups in total.